The van der Waals surface area contributed by atoms with Gasteiger partial charge in [0.25, 0.3) is 5.91 Å². The summed E-state index contributed by atoms with van der Waals surface area (Å²) in [5, 5.41) is 2.92. The van der Waals surface area contributed by atoms with Crippen LogP contribution in [0.3, 0.4) is 0 Å². The molecule has 2 aromatic rings. The summed E-state index contributed by atoms with van der Waals surface area (Å²) >= 11 is 7.36. The molecule has 1 aromatic carbocycles. The predicted octanol–water partition coefficient (Wildman–Crippen LogP) is 3.42. The smallest absolute Gasteiger partial charge is 0.265 e. The summed E-state index contributed by atoms with van der Waals surface area (Å²) in [4.78, 5) is 13.3. The number of para-hydroxylation sites is 2. The van der Waals surface area contributed by atoms with Gasteiger partial charge in [-0.1, -0.05) is 23.7 Å². The number of fused-ring (bicyclic) bond motifs is 1. The Hall–Kier alpha value is -1.72. The third kappa shape index (κ3) is 3.14. The Bertz CT molecular complexity index is 658. The van der Waals surface area contributed by atoms with Gasteiger partial charge in [-0.2, -0.15) is 0 Å². The van der Waals surface area contributed by atoms with Gasteiger partial charge in [0.2, 0.25) is 6.10 Å². The van der Waals surface area contributed by atoms with E-state index in [1.165, 1.54) is 11.3 Å². The summed E-state index contributed by atoms with van der Waals surface area (Å²) in [7, 11) is 0. The molecule has 6 heteroatoms. The molecule has 0 spiro atoms. The average molecular weight is 324 g/mol. The molecule has 3 rings (SSSR count). The maximum Gasteiger partial charge on any atom is 0.265 e. The van der Waals surface area contributed by atoms with Crippen LogP contribution in [0.4, 0.5) is 0 Å². The van der Waals surface area contributed by atoms with Gasteiger partial charge in [-0.25, -0.2) is 0 Å². The first kappa shape index (κ1) is 14.2. The molecule has 21 heavy (non-hydrogen) atoms. The second kappa shape index (κ2) is 5.95. The number of thiophene rings is 1. The van der Waals surface area contributed by atoms with Crippen LogP contribution in [0.15, 0.2) is 36.4 Å². The monoisotopic (exact) mass is 323 g/mol. The molecule has 0 saturated heterocycles. The number of ether oxygens (including phenoxy) is 2. The van der Waals surface area contributed by atoms with Crippen molar-refractivity contribution in [3.05, 3.63) is 45.6 Å². The molecular formula is C15H14ClNO3S. The average Bonchev–Trinajstić information content (AvgIpc) is 2.93. The molecule has 0 radical (unpaired) electrons. The standard InChI is InChI=1S/C15H14ClNO3S/c1-9(13-6-7-14(16)21-13)17-15(18)12-8-19-10-4-2-3-5-11(10)20-12/h2-7,9,12H,8H2,1H3,(H,17,18)/t9-,12+/m0/s1. The minimum Gasteiger partial charge on any atom is -0.485 e. The van der Waals surface area contributed by atoms with Crippen LogP contribution in [0.2, 0.25) is 4.34 Å². The Morgan fingerprint density at radius 3 is 2.81 bits per heavy atom. The van der Waals surface area contributed by atoms with Gasteiger partial charge in [0, 0.05) is 4.88 Å². The fraction of sp³-hybridized carbons (Fsp3) is 0.267. The van der Waals surface area contributed by atoms with Crippen molar-refractivity contribution in [3.8, 4) is 11.5 Å². The predicted molar refractivity (Wildman–Crippen MR) is 82.2 cm³/mol. The summed E-state index contributed by atoms with van der Waals surface area (Å²) in [5.74, 6) is 1.07. The molecule has 0 bridgehead atoms. The van der Waals surface area contributed by atoms with E-state index in [9.17, 15) is 4.79 Å². The number of hydrogen-bond donors (Lipinski definition) is 1. The lowest BCUT2D eigenvalue weighted by Crippen LogP contribution is -2.44. The van der Waals surface area contributed by atoms with Crippen molar-refractivity contribution in [2.45, 2.75) is 19.1 Å². The van der Waals surface area contributed by atoms with Gasteiger partial charge in [-0.05, 0) is 31.2 Å². The first-order valence-corrected chi connectivity index (χ1v) is 7.77. The molecule has 1 aliphatic heterocycles. The Kier molecular flexibility index (Phi) is 4.03. The highest BCUT2D eigenvalue weighted by Crippen LogP contribution is 2.31. The molecule has 4 nitrogen and oxygen atoms in total. The first-order valence-electron chi connectivity index (χ1n) is 6.57. The summed E-state index contributed by atoms with van der Waals surface area (Å²) in [6, 6.07) is 10.9. The van der Waals surface area contributed by atoms with E-state index in [0.717, 1.165) is 4.88 Å². The number of halogens is 1. The molecule has 0 aliphatic carbocycles. The highest BCUT2D eigenvalue weighted by atomic mass is 35.5. The molecule has 1 amide bonds. The number of rotatable bonds is 3. The molecule has 2 atom stereocenters. The van der Waals surface area contributed by atoms with Gasteiger partial charge >= 0.3 is 0 Å². The maximum absolute atomic E-state index is 12.3. The Balaban J connectivity index is 1.64. The van der Waals surface area contributed by atoms with Gasteiger partial charge in [0.05, 0.1) is 10.4 Å². The van der Waals surface area contributed by atoms with Gasteiger partial charge < -0.3 is 14.8 Å². The van der Waals surface area contributed by atoms with E-state index >= 15 is 0 Å². The van der Waals surface area contributed by atoms with E-state index in [2.05, 4.69) is 5.32 Å². The molecule has 2 heterocycles. The Labute approximate surface area is 131 Å². The second-order valence-electron chi connectivity index (χ2n) is 4.74. The normalized spacial score (nSPS) is 18.1. The summed E-state index contributed by atoms with van der Waals surface area (Å²) < 4.78 is 11.9. The third-order valence-corrected chi connectivity index (χ3v) is 4.59. The maximum atomic E-state index is 12.3. The van der Waals surface area contributed by atoms with Crippen molar-refractivity contribution in [2.24, 2.45) is 0 Å². The minimum absolute atomic E-state index is 0.115. The van der Waals surface area contributed by atoms with Gasteiger partial charge in [-0.15, -0.1) is 11.3 Å². The van der Waals surface area contributed by atoms with Gasteiger partial charge in [-0.3, -0.25) is 4.79 Å². The summed E-state index contributed by atoms with van der Waals surface area (Å²) in [6.45, 7) is 2.12. The lowest BCUT2D eigenvalue weighted by atomic mass is 10.2. The van der Waals surface area contributed by atoms with Crippen LogP contribution in [-0.4, -0.2) is 18.6 Å². The third-order valence-electron chi connectivity index (χ3n) is 3.18. The zero-order chi connectivity index (χ0) is 14.8. The van der Waals surface area contributed by atoms with Crippen molar-refractivity contribution < 1.29 is 14.3 Å². The summed E-state index contributed by atoms with van der Waals surface area (Å²) in [6.07, 6.45) is -0.641. The molecule has 1 N–H and O–H groups in total. The van der Waals surface area contributed by atoms with Crippen molar-refractivity contribution in [1.82, 2.24) is 5.32 Å². The quantitative estimate of drug-likeness (QED) is 0.941. The summed E-state index contributed by atoms with van der Waals surface area (Å²) in [5.41, 5.74) is 0. The van der Waals surface area contributed by atoms with Crippen LogP contribution in [0, 0.1) is 0 Å². The van der Waals surface area contributed by atoms with E-state index in [4.69, 9.17) is 21.1 Å². The molecule has 0 saturated carbocycles. The SMILES string of the molecule is C[C@H](NC(=O)[C@H]1COc2ccccc2O1)c1ccc(Cl)s1. The second-order valence-corrected chi connectivity index (χ2v) is 6.48. The zero-order valence-electron chi connectivity index (χ0n) is 11.3. The van der Waals surface area contributed by atoms with E-state index in [1.54, 1.807) is 6.07 Å². The Morgan fingerprint density at radius 1 is 1.33 bits per heavy atom. The number of carbonyl (C=O) groups excluding carboxylic acids is 1. The van der Waals surface area contributed by atoms with E-state index in [0.29, 0.717) is 15.8 Å². The van der Waals surface area contributed by atoms with Crippen LogP contribution in [0.5, 0.6) is 11.5 Å². The van der Waals surface area contributed by atoms with Crippen LogP contribution < -0.4 is 14.8 Å². The highest BCUT2D eigenvalue weighted by molar-refractivity contribution is 7.16. The first-order chi connectivity index (χ1) is 10.1. The Morgan fingerprint density at radius 2 is 2.10 bits per heavy atom. The lowest BCUT2D eigenvalue weighted by molar-refractivity contribution is -0.131. The number of amides is 1. The van der Waals surface area contributed by atoms with Crippen LogP contribution in [0.1, 0.15) is 17.8 Å². The molecule has 1 aliphatic rings. The van der Waals surface area contributed by atoms with E-state index < -0.39 is 6.10 Å². The topological polar surface area (TPSA) is 47.6 Å². The number of carbonyl (C=O) groups is 1. The van der Waals surface area contributed by atoms with Crippen molar-refractivity contribution in [2.75, 3.05) is 6.61 Å². The molecular weight excluding hydrogens is 310 g/mol. The molecule has 0 unspecified atom stereocenters. The fourth-order valence-corrected chi connectivity index (χ4v) is 3.15. The highest BCUT2D eigenvalue weighted by Gasteiger charge is 2.28. The number of benzene rings is 1. The van der Waals surface area contributed by atoms with Crippen molar-refractivity contribution in [3.63, 3.8) is 0 Å². The van der Waals surface area contributed by atoms with Crippen molar-refractivity contribution >= 4 is 28.8 Å². The number of nitrogens with one attached hydrogen (secondary N) is 1. The van der Waals surface area contributed by atoms with Gasteiger partial charge in [0.15, 0.2) is 11.5 Å². The van der Waals surface area contributed by atoms with Gasteiger partial charge in [0.1, 0.15) is 6.61 Å². The van der Waals surface area contributed by atoms with Crippen LogP contribution in [-0.2, 0) is 4.79 Å². The molecule has 0 fully saturated rings. The van der Waals surface area contributed by atoms with Crippen molar-refractivity contribution in [1.29, 1.82) is 0 Å². The zero-order valence-corrected chi connectivity index (χ0v) is 12.9. The van der Waals surface area contributed by atoms with E-state index in [1.807, 2.05) is 37.3 Å². The fourth-order valence-electron chi connectivity index (χ4n) is 2.09. The largest absolute Gasteiger partial charge is 0.485 e. The number of hydrogen-bond acceptors (Lipinski definition) is 4. The van der Waals surface area contributed by atoms with E-state index in [-0.39, 0.29) is 18.6 Å². The lowest BCUT2D eigenvalue weighted by Gasteiger charge is -2.26. The molecule has 1 aromatic heterocycles. The molecule has 110 valence electrons. The minimum atomic E-state index is -0.641. The van der Waals surface area contributed by atoms with Crippen LogP contribution >= 0.6 is 22.9 Å². The van der Waals surface area contributed by atoms with Crippen LogP contribution in [0.25, 0.3) is 0 Å².